The van der Waals surface area contributed by atoms with E-state index in [0.717, 1.165) is 0 Å². The van der Waals surface area contributed by atoms with Gasteiger partial charge in [-0.05, 0) is 6.92 Å². The van der Waals surface area contributed by atoms with Crippen LogP contribution in [0.15, 0.2) is 0 Å². The molecule has 1 rings (SSSR count). The highest BCUT2D eigenvalue weighted by Crippen LogP contribution is 2.23. The molecule has 1 aliphatic rings. The van der Waals surface area contributed by atoms with Crippen molar-refractivity contribution >= 4 is 9.84 Å². The lowest BCUT2D eigenvalue weighted by atomic mass is 10.0. The fourth-order valence-electron chi connectivity index (χ4n) is 1.04. The lowest BCUT2D eigenvalue weighted by Gasteiger charge is -2.17. The lowest BCUT2D eigenvalue weighted by Crippen LogP contribution is -2.45. The van der Waals surface area contributed by atoms with Gasteiger partial charge in [0.25, 0.3) is 0 Å². The van der Waals surface area contributed by atoms with Gasteiger partial charge < -0.3 is 5.73 Å². The molecule has 3 nitrogen and oxygen atoms in total. The first-order valence-corrected chi connectivity index (χ1v) is 4.79. The SMILES string of the molecule is CC1(N)CS(=O)(=O)CC1F. The molecule has 10 heavy (non-hydrogen) atoms. The van der Waals surface area contributed by atoms with E-state index in [9.17, 15) is 12.8 Å². The highest BCUT2D eigenvalue weighted by atomic mass is 32.2. The molecule has 2 atom stereocenters. The molecule has 1 saturated heterocycles. The summed E-state index contributed by atoms with van der Waals surface area (Å²) in [6.45, 7) is 1.42. The maximum atomic E-state index is 12.7. The summed E-state index contributed by atoms with van der Waals surface area (Å²) in [4.78, 5) is 0. The van der Waals surface area contributed by atoms with Gasteiger partial charge in [-0.15, -0.1) is 0 Å². The van der Waals surface area contributed by atoms with Crippen molar-refractivity contribution < 1.29 is 12.8 Å². The summed E-state index contributed by atoms with van der Waals surface area (Å²) in [5.74, 6) is -0.652. The van der Waals surface area contributed by atoms with Crippen molar-refractivity contribution in [3.05, 3.63) is 0 Å². The van der Waals surface area contributed by atoms with Crippen LogP contribution in [0, 0.1) is 0 Å². The van der Waals surface area contributed by atoms with Crippen LogP contribution in [-0.4, -0.2) is 31.6 Å². The number of nitrogens with two attached hydrogens (primary N) is 1. The van der Waals surface area contributed by atoms with Crippen molar-refractivity contribution in [2.45, 2.75) is 18.6 Å². The second-order valence-corrected chi connectivity index (χ2v) is 5.14. The molecule has 0 bridgehead atoms. The predicted molar refractivity (Wildman–Crippen MR) is 36.1 cm³/mol. The molecule has 1 fully saturated rings. The summed E-state index contributed by atoms with van der Waals surface area (Å²) < 4.78 is 34.2. The zero-order valence-electron chi connectivity index (χ0n) is 5.67. The molecule has 60 valence electrons. The van der Waals surface area contributed by atoms with E-state index in [1.807, 2.05) is 0 Å². The predicted octanol–water partition coefficient (Wildman–Crippen LogP) is -0.530. The van der Waals surface area contributed by atoms with E-state index >= 15 is 0 Å². The third-order valence-corrected chi connectivity index (χ3v) is 3.51. The van der Waals surface area contributed by atoms with Crippen LogP contribution >= 0.6 is 0 Å². The van der Waals surface area contributed by atoms with Crippen LogP contribution in [0.25, 0.3) is 0 Å². The Labute approximate surface area is 59.3 Å². The number of sulfone groups is 1. The second-order valence-electron chi connectivity index (χ2n) is 3.03. The molecule has 2 N–H and O–H groups in total. The molecule has 0 aromatic heterocycles. The number of hydrogen-bond donors (Lipinski definition) is 1. The lowest BCUT2D eigenvalue weighted by molar-refractivity contribution is 0.261. The Morgan fingerprint density at radius 3 is 2.30 bits per heavy atom. The molecular weight excluding hydrogens is 157 g/mol. The number of halogens is 1. The third-order valence-electron chi connectivity index (χ3n) is 1.65. The molecule has 0 radical (unpaired) electrons. The average Bonchev–Trinajstić information content (AvgIpc) is 1.73. The fraction of sp³-hybridized carbons (Fsp3) is 1.00. The Balaban J connectivity index is 2.92. The van der Waals surface area contributed by atoms with Crippen molar-refractivity contribution in [2.75, 3.05) is 11.5 Å². The van der Waals surface area contributed by atoms with Crippen molar-refractivity contribution in [2.24, 2.45) is 5.73 Å². The van der Waals surface area contributed by atoms with Gasteiger partial charge in [-0.1, -0.05) is 0 Å². The largest absolute Gasteiger partial charge is 0.322 e. The number of hydrogen-bond acceptors (Lipinski definition) is 3. The van der Waals surface area contributed by atoms with Crippen LogP contribution < -0.4 is 5.73 Å². The molecule has 0 amide bonds. The molecule has 1 heterocycles. The Kier molecular flexibility index (Phi) is 1.52. The number of rotatable bonds is 0. The zero-order valence-corrected chi connectivity index (χ0v) is 6.49. The van der Waals surface area contributed by atoms with Crippen molar-refractivity contribution in [1.29, 1.82) is 0 Å². The summed E-state index contributed by atoms with van der Waals surface area (Å²) in [5.41, 5.74) is 4.17. The van der Waals surface area contributed by atoms with Crippen LogP contribution in [0.1, 0.15) is 6.92 Å². The maximum Gasteiger partial charge on any atom is 0.155 e. The molecule has 0 spiro atoms. The highest BCUT2D eigenvalue weighted by Gasteiger charge is 2.44. The summed E-state index contributed by atoms with van der Waals surface area (Å²) >= 11 is 0. The molecule has 1 aliphatic heterocycles. The first-order chi connectivity index (χ1) is 4.33. The molecular formula is C5H10FNO2S. The van der Waals surface area contributed by atoms with Gasteiger partial charge in [0.15, 0.2) is 9.84 Å². The van der Waals surface area contributed by atoms with Crippen LogP contribution in [-0.2, 0) is 9.84 Å². The maximum absolute atomic E-state index is 12.7. The standard InChI is InChI=1S/C5H10FNO2S/c1-5(7)3-10(8,9)2-4(5)6/h4H,2-3,7H2,1H3. The van der Waals surface area contributed by atoms with Crippen LogP contribution in [0.2, 0.25) is 0 Å². The van der Waals surface area contributed by atoms with Gasteiger partial charge >= 0.3 is 0 Å². The smallest absolute Gasteiger partial charge is 0.155 e. The van der Waals surface area contributed by atoms with Crippen LogP contribution in [0.4, 0.5) is 4.39 Å². The van der Waals surface area contributed by atoms with Gasteiger partial charge in [-0.3, -0.25) is 0 Å². The zero-order chi connectivity index (χ0) is 7.99. The third kappa shape index (κ3) is 1.29. The molecule has 0 aromatic rings. The van der Waals surface area contributed by atoms with Gasteiger partial charge in [-0.2, -0.15) is 0 Å². The fourth-order valence-corrected chi connectivity index (χ4v) is 3.11. The minimum Gasteiger partial charge on any atom is -0.322 e. The Morgan fingerprint density at radius 1 is 1.70 bits per heavy atom. The van der Waals surface area contributed by atoms with Crippen molar-refractivity contribution in [1.82, 2.24) is 0 Å². The average molecular weight is 167 g/mol. The first kappa shape index (κ1) is 7.94. The van der Waals surface area contributed by atoms with E-state index in [-0.39, 0.29) is 5.75 Å². The molecule has 0 saturated carbocycles. The van der Waals surface area contributed by atoms with E-state index in [1.54, 1.807) is 0 Å². The van der Waals surface area contributed by atoms with E-state index in [0.29, 0.717) is 0 Å². The van der Waals surface area contributed by atoms with E-state index < -0.39 is 27.3 Å². The summed E-state index contributed by atoms with van der Waals surface area (Å²) in [6, 6.07) is 0. The topological polar surface area (TPSA) is 60.2 Å². The van der Waals surface area contributed by atoms with Gasteiger partial charge in [-0.25, -0.2) is 12.8 Å². The van der Waals surface area contributed by atoms with Crippen molar-refractivity contribution in [3.63, 3.8) is 0 Å². The minimum absolute atomic E-state index is 0.235. The van der Waals surface area contributed by atoms with Gasteiger partial charge in [0.2, 0.25) is 0 Å². The molecule has 0 aliphatic carbocycles. The van der Waals surface area contributed by atoms with Gasteiger partial charge in [0.1, 0.15) is 6.17 Å². The second kappa shape index (κ2) is 1.92. The minimum atomic E-state index is -3.20. The van der Waals surface area contributed by atoms with Gasteiger partial charge in [0.05, 0.1) is 17.0 Å². The molecule has 2 unspecified atom stereocenters. The molecule has 5 heteroatoms. The summed E-state index contributed by atoms with van der Waals surface area (Å²) in [7, 11) is -3.20. The summed E-state index contributed by atoms with van der Waals surface area (Å²) in [6.07, 6.45) is -1.41. The van der Waals surface area contributed by atoms with Crippen molar-refractivity contribution in [3.8, 4) is 0 Å². The Hall–Kier alpha value is -0.160. The van der Waals surface area contributed by atoms with Crippen LogP contribution in [0.5, 0.6) is 0 Å². The highest BCUT2D eigenvalue weighted by molar-refractivity contribution is 7.91. The van der Waals surface area contributed by atoms with E-state index in [1.165, 1.54) is 6.92 Å². The first-order valence-electron chi connectivity index (χ1n) is 2.97. The Morgan fingerprint density at radius 2 is 2.20 bits per heavy atom. The summed E-state index contributed by atoms with van der Waals surface area (Å²) in [5, 5.41) is 0. The monoisotopic (exact) mass is 167 g/mol. The quantitative estimate of drug-likeness (QED) is 0.527. The molecule has 0 aromatic carbocycles. The van der Waals surface area contributed by atoms with E-state index in [2.05, 4.69) is 0 Å². The van der Waals surface area contributed by atoms with Crippen LogP contribution in [0.3, 0.4) is 0 Å². The number of alkyl halides is 1. The van der Waals surface area contributed by atoms with E-state index in [4.69, 9.17) is 5.73 Å². The Bertz CT molecular complexity index is 234. The van der Waals surface area contributed by atoms with Gasteiger partial charge in [0, 0.05) is 0 Å². The normalized spacial score (nSPS) is 45.7.